The van der Waals surface area contributed by atoms with Crippen LogP contribution in [-0.4, -0.2) is 30.7 Å². The molecular formula is C7H7F4O2-. The fourth-order valence-electron chi connectivity index (χ4n) is 1.33. The lowest BCUT2D eigenvalue weighted by Crippen LogP contribution is -2.51. The van der Waals surface area contributed by atoms with Crippen LogP contribution < -0.4 is 5.11 Å². The van der Waals surface area contributed by atoms with Crippen molar-refractivity contribution < 1.29 is 27.5 Å². The van der Waals surface area contributed by atoms with Crippen LogP contribution >= 0.6 is 0 Å². The highest BCUT2D eigenvalue weighted by Crippen LogP contribution is 2.33. The van der Waals surface area contributed by atoms with Gasteiger partial charge in [0.15, 0.2) is 12.3 Å². The molecule has 1 rings (SSSR count). The Morgan fingerprint density at radius 3 is 2.08 bits per heavy atom. The predicted octanol–water partition coefficient (Wildman–Crippen LogP) is 0.109. The van der Waals surface area contributed by atoms with E-state index in [0.29, 0.717) is 0 Å². The maximum absolute atomic E-state index is 12.7. The largest absolute Gasteiger partial charge is 0.550 e. The minimum Gasteiger partial charge on any atom is -0.550 e. The molecule has 1 fully saturated rings. The number of carboxylic acid groups (broad SMARTS) is 1. The molecule has 0 aliphatic heterocycles. The molecule has 0 amide bonds. The van der Waals surface area contributed by atoms with E-state index >= 15 is 0 Å². The topological polar surface area (TPSA) is 40.1 Å². The summed E-state index contributed by atoms with van der Waals surface area (Å²) in [5, 5.41) is 10.2. The summed E-state index contributed by atoms with van der Waals surface area (Å²) < 4.78 is 50.3. The molecule has 0 N–H and O–H groups in total. The Bertz CT molecular complexity index is 211. The van der Waals surface area contributed by atoms with Crippen molar-refractivity contribution in [3.8, 4) is 0 Å². The molecule has 0 heterocycles. The number of aliphatic carboxylic acids is 1. The van der Waals surface area contributed by atoms with Gasteiger partial charge in [-0.25, -0.2) is 17.6 Å². The quantitative estimate of drug-likeness (QED) is 0.562. The Balaban J connectivity index is 2.76. The molecule has 1 aliphatic carbocycles. The second kappa shape index (κ2) is 3.51. The van der Waals surface area contributed by atoms with Gasteiger partial charge in [-0.05, 0) is 6.42 Å². The summed E-state index contributed by atoms with van der Waals surface area (Å²) in [4.78, 5) is 10.2. The molecule has 76 valence electrons. The van der Waals surface area contributed by atoms with E-state index < -0.39 is 43.0 Å². The van der Waals surface area contributed by atoms with Crippen molar-refractivity contribution in [1.29, 1.82) is 0 Å². The first-order valence-corrected chi connectivity index (χ1v) is 3.72. The summed E-state index contributed by atoms with van der Waals surface area (Å²) in [5.41, 5.74) is 0. The van der Waals surface area contributed by atoms with Crippen molar-refractivity contribution in [3.05, 3.63) is 0 Å². The first-order chi connectivity index (χ1) is 5.95. The third kappa shape index (κ3) is 1.76. The number of halogens is 4. The number of carbonyl (C=O) groups excluding carboxylic acids is 1. The van der Waals surface area contributed by atoms with E-state index in [-0.39, 0.29) is 0 Å². The van der Waals surface area contributed by atoms with Crippen LogP contribution in [0.3, 0.4) is 0 Å². The van der Waals surface area contributed by atoms with Crippen LogP contribution in [0.1, 0.15) is 6.42 Å². The number of alkyl halides is 4. The Morgan fingerprint density at radius 1 is 1.08 bits per heavy atom. The van der Waals surface area contributed by atoms with Crippen LogP contribution in [0.15, 0.2) is 0 Å². The van der Waals surface area contributed by atoms with E-state index in [0.717, 1.165) is 0 Å². The van der Waals surface area contributed by atoms with Crippen molar-refractivity contribution >= 4 is 5.97 Å². The Hall–Kier alpha value is -0.810. The third-order valence-electron chi connectivity index (χ3n) is 2.12. The summed E-state index contributed by atoms with van der Waals surface area (Å²) >= 11 is 0. The molecule has 1 saturated carbocycles. The van der Waals surface area contributed by atoms with Crippen molar-refractivity contribution in [2.75, 3.05) is 0 Å². The van der Waals surface area contributed by atoms with Crippen molar-refractivity contribution in [1.82, 2.24) is 0 Å². The molecule has 13 heavy (non-hydrogen) atoms. The summed E-state index contributed by atoms with van der Waals surface area (Å²) in [6, 6.07) is 0. The first-order valence-electron chi connectivity index (χ1n) is 3.72. The summed E-state index contributed by atoms with van der Waals surface area (Å²) in [6.07, 6.45) is -11.0. The standard InChI is InChI=1S/C7H8F4O2/c8-3-1-2(7(12)13)4(9)6(11)5(3)10/h2-6H,1H2,(H,12,13)/p-1. The van der Waals surface area contributed by atoms with Crippen LogP contribution in [-0.2, 0) is 4.79 Å². The van der Waals surface area contributed by atoms with Gasteiger partial charge in [0.25, 0.3) is 0 Å². The highest BCUT2D eigenvalue weighted by molar-refractivity contribution is 5.68. The lowest BCUT2D eigenvalue weighted by molar-refractivity contribution is -0.316. The molecule has 0 bridgehead atoms. The second-order valence-electron chi connectivity index (χ2n) is 3.01. The number of rotatable bonds is 1. The highest BCUT2D eigenvalue weighted by atomic mass is 19.2. The van der Waals surface area contributed by atoms with E-state index in [4.69, 9.17) is 0 Å². The Morgan fingerprint density at radius 2 is 1.62 bits per heavy atom. The molecule has 5 atom stereocenters. The van der Waals surface area contributed by atoms with E-state index in [9.17, 15) is 27.5 Å². The van der Waals surface area contributed by atoms with Crippen LogP contribution in [0.5, 0.6) is 0 Å². The van der Waals surface area contributed by atoms with Gasteiger partial charge in [-0.15, -0.1) is 0 Å². The number of hydrogen-bond acceptors (Lipinski definition) is 2. The van der Waals surface area contributed by atoms with E-state index in [1.807, 2.05) is 0 Å². The van der Waals surface area contributed by atoms with Gasteiger partial charge in [0, 0.05) is 11.9 Å². The smallest absolute Gasteiger partial charge is 0.166 e. The zero-order valence-electron chi connectivity index (χ0n) is 6.42. The molecular weight excluding hydrogens is 192 g/mol. The molecule has 0 spiro atoms. The molecule has 0 saturated heterocycles. The lowest BCUT2D eigenvalue weighted by Gasteiger charge is -2.33. The SMILES string of the molecule is O=C([O-])C1CC(F)C(F)C(F)C1F. The van der Waals surface area contributed by atoms with Crippen molar-refractivity contribution in [3.63, 3.8) is 0 Å². The molecule has 6 heteroatoms. The van der Waals surface area contributed by atoms with Crippen LogP contribution in [0.2, 0.25) is 0 Å². The number of hydrogen-bond donors (Lipinski definition) is 0. The summed E-state index contributed by atoms with van der Waals surface area (Å²) in [6.45, 7) is 0. The molecule has 2 nitrogen and oxygen atoms in total. The van der Waals surface area contributed by atoms with Gasteiger partial charge in [-0.1, -0.05) is 0 Å². The Kier molecular flexibility index (Phi) is 2.77. The maximum Gasteiger partial charge on any atom is 0.166 e. The number of carboxylic acids is 1. The molecule has 1 aliphatic rings. The van der Waals surface area contributed by atoms with Gasteiger partial charge in [0.05, 0.1) is 0 Å². The average molecular weight is 199 g/mol. The van der Waals surface area contributed by atoms with Gasteiger partial charge in [-0.3, -0.25) is 0 Å². The lowest BCUT2D eigenvalue weighted by atomic mass is 9.84. The van der Waals surface area contributed by atoms with Crippen LogP contribution in [0, 0.1) is 5.92 Å². The third-order valence-corrected chi connectivity index (χ3v) is 2.12. The minimum atomic E-state index is -2.72. The first kappa shape index (κ1) is 10.3. The number of carbonyl (C=O) groups is 1. The van der Waals surface area contributed by atoms with E-state index in [1.165, 1.54) is 0 Å². The zero-order valence-corrected chi connectivity index (χ0v) is 6.42. The zero-order chi connectivity index (χ0) is 10.2. The second-order valence-corrected chi connectivity index (χ2v) is 3.01. The normalized spacial score (nSPS) is 46.0. The van der Waals surface area contributed by atoms with Gasteiger partial charge in [0.1, 0.15) is 12.3 Å². The average Bonchev–Trinajstić information content (AvgIpc) is 2.07. The van der Waals surface area contributed by atoms with E-state index in [1.54, 1.807) is 0 Å². The minimum absolute atomic E-state index is 0.870. The Labute approximate surface area is 71.5 Å². The van der Waals surface area contributed by atoms with Crippen LogP contribution in [0.4, 0.5) is 17.6 Å². The van der Waals surface area contributed by atoms with Gasteiger partial charge >= 0.3 is 0 Å². The van der Waals surface area contributed by atoms with Gasteiger partial charge in [0.2, 0.25) is 0 Å². The highest BCUT2D eigenvalue weighted by Gasteiger charge is 2.47. The molecule has 0 radical (unpaired) electrons. The molecule has 0 aromatic carbocycles. The fraction of sp³-hybridized carbons (Fsp3) is 0.857. The van der Waals surface area contributed by atoms with Crippen molar-refractivity contribution in [2.45, 2.75) is 31.1 Å². The van der Waals surface area contributed by atoms with Gasteiger partial charge in [-0.2, -0.15) is 0 Å². The molecule has 0 aromatic rings. The van der Waals surface area contributed by atoms with Crippen molar-refractivity contribution in [2.24, 2.45) is 5.92 Å². The summed E-state index contributed by atoms with van der Waals surface area (Å²) in [5.74, 6) is -3.78. The molecule has 0 aromatic heterocycles. The maximum atomic E-state index is 12.7. The van der Waals surface area contributed by atoms with E-state index in [2.05, 4.69) is 0 Å². The molecule has 5 unspecified atom stereocenters. The van der Waals surface area contributed by atoms with Crippen LogP contribution in [0.25, 0.3) is 0 Å². The predicted molar refractivity (Wildman–Crippen MR) is 32.7 cm³/mol. The monoisotopic (exact) mass is 199 g/mol. The fourth-order valence-corrected chi connectivity index (χ4v) is 1.33. The van der Waals surface area contributed by atoms with Gasteiger partial charge < -0.3 is 9.90 Å². The summed E-state index contributed by atoms with van der Waals surface area (Å²) in [7, 11) is 0.